The van der Waals surface area contributed by atoms with E-state index in [9.17, 15) is 4.39 Å². The maximum atomic E-state index is 12.9. The summed E-state index contributed by atoms with van der Waals surface area (Å²) in [5.74, 6) is 1.53. The summed E-state index contributed by atoms with van der Waals surface area (Å²) in [6.45, 7) is 6.99. The van der Waals surface area contributed by atoms with Crippen LogP contribution in [-0.2, 0) is 18.5 Å². The van der Waals surface area contributed by atoms with E-state index in [1.807, 2.05) is 20.8 Å². The van der Waals surface area contributed by atoms with E-state index in [2.05, 4.69) is 25.8 Å². The topological polar surface area (TPSA) is 75.3 Å². The maximum Gasteiger partial charge on any atom is 0.232 e. The van der Waals surface area contributed by atoms with Crippen LogP contribution >= 0.6 is 0 Å². The number of aliphatic imine (C=N–C) groups is 1. The van der Waals surface area contributed by atoms with Gasteiger partial charge in [0.25, 0.3) is 0 Å². The van der Waals surface area contributed by atoms with Crippen LogP contribution in [0.15, 0.2) is 33.8 Å². The van der Waals surface area contributed by atoms with Crippen molar-refractivity contribution >= 4 is 5.96 Å². The van der Waals surface area contributed by atoms with Crippen LogP contribution in [-0.4, -0.2) is 23.1 Å². The third-order valence-electron chi connectivity index (χ3n) is 3.12. The minimum Gasteiger partial charge on any atom is -0.352 e. The first-order valence-corrected chi connectivity index (χ1v) is 7.40. The highest BCUT2D eigenvalue weighted by molar-refractivity contribution is 5.79. The molecule has 0 amide bonds. The first-order valence-electron chi connectivity index (χ1n) is 7.40. The van der Waals surface area contributed by atoms with Crippen LogP contribution in [0, 0.1) is 5.82 Å². The standard InChI is InChI=1S/C16H22FN5O/c1-16(2,3)14-21-13(22-23-14)10-20-15(18-4)19-9-11-5-7-12(17)8-6-11/h5-8H,9-10H2,1-4H3,(H2,18,19,20). The van der Waals surface area contributed by atoms with E-state index in [-0.39, 0.29) is 11.2 Å². The summed E-state index contributed by atoms with van der Waals surface area (Å²) < 4.78 is 18.1. The number of nitrogens with zero attached hydrogens (tertiary/aromatic N) is 3. The van der Waals surface area contributed by atoms with Crippen molar-refractivity contribution in [3.8, 4) is 0 Å². The number of guanidine groups is 1. The molecular weight excluding hydrogens is 297 g/mol. The lowest BCUT2D eigenvalue weighted by Gasteiger charge is -2.11. The van der Waals surface area contributed by atoms with Crippen molar-refractivity contribution in [3.63, 3.8) is 0 Å². The Bertz CT molecular complexity index is 658. The summed E-state index contributed by atoms with van der Waals surface area (Å²) in [7, 11) is 1.68. The van der Waals surface area contributed by atoms with Gasteiger partial charge in [-0.15, -0.1) is 0 Å². The third-order valence-corrected chi connectivity index (χ3v) is 3.12. The van der Waals surface area contributed by atoms with E-state index in [1.54, 1.807) is 19.2 Å². The molecule has 1 heterocycles. The Morgan fingerprint density at radius 3 is 2.39 bits per heavy atom. The Balaban J connectivity index is 1.85. The predicted molar refractivity (Wildman–Crippen MR) is 86.4 cm³/mol. The van der Waals surface area contributed by atoms with Gasteiger partial charge in [0.2, 0.25) is 5.89 Å². The van der Waals surface area contributed by atoms with Crippen LogP contribution in [0.3, 0.4) is 0 Å². The molecule has 1 aromatic carbocycles. The molecule has 1 aromatic heterocycles. The Labute approximate surface area is 135 Å². The lowest BCUT2D eigenvalue weighted by atomic mass is 9.97. The van der Waals surface area contributed by atoms with Crippen molar-refractivity contribution in [2.24, 2.45) is 4.99 Å². The minimum absolute atomic E-state index is 0.173. The summed E-state index contributed by atoms with van der Waals surface area (Å²) in [6, 6.07) is 6.32. The monoisotopic (exact) mass is 319 g/mol. The summed E-state index contributed by atoms with van der Waals surface area (Å²) >= 11 is 0. The van der Waals surface area contributed by atoms with Gasteiger partial charge in [0, 0.05) is 19.0 Å². The van der Waals surface area contributed by atoms with Crippen molar-refractivity contribution in [2.75, 3.05) is 7.05 Å². The Kier molecular flexibility index (Phi) is 5.31. The summed E-state index contributed by atoms with van der Waals surface area (Å²) in [6.07, 6.45) is 0. The highest BCUT2D eigenvalue weighted by atomic mass is 19.1. The summed E-state index contributed by atoms with van der Waals surface area (Å²) in [5, 5.41) is 10.2. The maximum absolute atomic E-state index is 12.9. The molecule has 0 fully saturated rings. The molecule has 0 atom stereocenters. The zero-order chi connectivity index (χ0) is 16.9. The van der Waals surface area contributed by atoms with E-state index in [0.29, 0.717) is 30.8 Å². The molecule has 0 saturated carbocycles. The predicted octanol–water partition coefficient (Wildman–Crippen LogP) is 2.37. The third kappa shape index (κ3) is 5.05. The van der Waals surface area contributed by atoms with Crippen molar-refractivity contribution in [2.45, 2.75) is 39.3 Å². The molecule has 6 nitrogen and oxygen atoms in total. The summed E-state index contributed by atoms with van der Waals surface area (Å²) in [5.41, 5.74) is 0.789. The smallest absolute Gasteiger partial charge is 0.232 e. The molecule has 0 bridgehead atoms. The van der Waals surface area contributed by atoms with Crippen molar-refractivity contribution in [1.29, 1.82) is 0 Å². The second-order valence-electron chi connectivity index (χ2n) is 6.17. The lowest BCUT2D eigenvalue weighted by molar-refractivity contribution is 0.318. The molecule has 7 heteroatoms. The molecular formula is C16H22FN5O. The van der Waals surface area contributed by atoms with Crippen LogP contribution < -0.4 is 10.6 Å². The number of halogens is 1. The second kappa shape index (κ2) is 7.21. The highest BCUT2D eigenvalue weighted by Crippen LogP contribution is 2.19. The fourth-order valence-corrected chi connectivity index (χ4v) is 1.80. The van der Waals surface area contributed by atoms with Gasteiger partial charge >= 0.3 is 0 Å². The van der Waals surface area contributed by atoms with Gasteiger partial charge in [-0.05, 0) is 17.7 Å². The number of nitrogens with one attached hydrogen (secondary N) is 2. The molecule has 2 aromatic rings. The highest BCUT2D eigenvalue weighted by Gasteiger charge is 2.21. The number of benzene rings is 1. The number of hydrogen-bond donors (Lipinski definition) is 2. The molecule has 0 aliphatic carbocycles. The van der Waals surface area contributed by atoms with Crippen LogP contribution in [0.25, 0.3) is 0 Å². The summed E-state index contributed by atoms with van der Waals surface area (Å²) in [4.78, 5) is 8.48. The molecule has 0 spiro atoms. The number of hydrogen-bond acceptors (Lipinski definition) is 4. The molecule has 0 aliphatic rings. The van der Waals surface area contributed by atoms with Crippen LogP contribution in [0.1, 0.15) is 38.0 Å². The van der Waals surface area contributed by atoms with E-state index in [1.165, 1.54) is 12.1 Å². The van der Waals surface area contributed by atoms with Gasteiger partial charge in [0.15, 0.2) is 11.8 Å². The van der Waals surface area contributed by atoms with E-state index >= 15 is 0 Å². The molecule has 0 aliphatic heterocycles. The fourth-order valence-electron chi connectivity index (χ4n) is 1.80. The van der Waals surface area contributed by atoms with Crippen molar-refractivity contribution in [1.82, 2.24) is 20.8 Å². The van der Waals surface area contributed by atoms with E-state index in [0.717, 1.165) is 5.56 Å². The zero-order valence-corrected chi connectivity index (χ0v) is 13.9. The molecule has 0 radical (unpaired) electrons. The Morgan fingerprint density at radius 2 is 1.83 bits per heavy atom. The average molecular weight is 319 g/mol. The van der Waals surface area contributed by atoms with Gasteiger partial charge in [-0.3, -0.25) is 4.99 Å². The zero-order valence-electron chi connectivity index (χ0n) is 13.9. The van der Waals surface area contributed by atoms with Gasteiger partial charge < -0.3 is 15.2 Å². The van der Waals surface area contributed by atoms with Gasteiger partial charge in [0.1, 0.15) is 5.82 Å². The molecule has 124 valence electrons. The van der Waals surface area contributed by atoms with Gasteiger partial charge in [-0.1, -0.05) is 38.1 Å². The first-order chi connectivity index (χ1) is 10.9. The van der Waals surface area contributed by atoms with E-state index in [4.69, 9.17) is 4.52 Å². The number of rotatable bonds is 4. The molecule has 2 N–H and O–H groups in total. The Morgan fingerprint density at radius 1 is 1.17 bits per heavy atom. The lowest BCUT2D eigenvalue weighted by Crippen LogP contribution is -2.36. The average Bonchev–Trinajstić information content (AvgIpc) is 2.98. The van der Waals surface area contributed by atoms with Crippen molar-refractivity contribution in [3.05, 3.63) is 47.4 Å². The SMILES string of the molecule is CN=C(NCc1ccc(F)cc1)NCc1noc(C(C)(C)C)n1. The van der Waals surface area contributed by atoms with E-state index < -0.39 is 0 Å². The molecule has 23 heavy (non-hydrogen) atoms. The normalized spacial score (nSPS) is 12.3. The quantitative estimate of drug-likeness (QED) is 0.668. The van der Waals surface area contributed by atoms with Gasteiger partial charge in [-0.25, -0.2) is 4.39 Å². The molecule has 0 unspecified atom stereocenters. The second-order valence-corrected chi connectivity index (χ2v) is 6.17. The molecule has 0 saturated heterocycles. The first kappa shape index (κ1) is 16.9. The Hall–Kier alpha value is -2.44. The minimum atomic E-state index is -0.247. The van der Waals surface area contributed by atoms with Crippen molar-refractivity contribution < 1.29 is 8.91 Å². The van der Waals surface area contributed by atoms with Crippen LogP contribution in [0.5, 0.6) is 0 Å². The van der Waals surface area contributed by atoms with Gasteiger partial charge in [0.05, 0.1) is 6.54 Å². The largest absolute Gasteiger partial charge is 0.352 e. The fraction of sp³-hybridized carbons (Fsp3) is 0.438. The molecule has 2 rings (SSSR count). The van der Waals surface area contributed by atoms with Crippen LogP contribution in [0.2, 0.25) is 0 Å². The van der Waals surface area contributed by atoms with Gasteiger partial charge in [-0.2, -0.15) is 4.98 Å². The number of aromatic nitrogens is 2. The van der Waals surface area contributed by atoms with Crippen LogP contribution in [0.4, 0.5) is 4.39 Å².